The van der Waals surface area contributed by atoms with Crippen LogP contribution in [0, 0.1) is 10.8 Å². The highest BCUT2D eigenvalue weighted by Gasteiger charge is 2.75. The van der Waals surface area contributed by atoms with Crippen LogP contribution >= 0.6 is 0 Å². The van der Waals surface area contributed by atoms with Gasteiger partial charge in [0.1, 0.15) is 5.75 Å². The molecule has 5 nitrogen and oxygen atoms in total. The SMILES string of the molecule is CCOc1ccc(NC(=O)C23CCC(C)(C(=O)O2)C3(C)C)cc1. The van der Waals surface area contributed by atoms with Gasteiger partial charge in [-0.05, 0) is 51.0 Å². The van der Waals surface area contributed by atoms with E-state index in [1.807, 2.05) is 27.7 Å². The number of ether oxygens (including phenoxy) is 2. The zero-order valence-electron chi connectivity index (χ0n) is 14.1. The van der Waals surface area contributed by atoms with Gasteiger partial charge >= 0.3 is 5.97 Å². The zero-order chi connectivity index (χ0) is 16.9. The molecule has 1 aromatic rings. The predicted octanol–water partition coefficient (Wildman–Crippen LogP) is 3.15. The van der Waals surface area contributed by atoms with Crippen molar-refractivity contribution in [3.05, 3.63) is 24.3 Å². The van der Waals surface area contributed by atoms with E-state index in [1.165, 1.54) is 0 Å². The van der Waals surface area contributed by atoms with Gasteiger partial charge in [-0.1, -0.05) is 13.8 Å². The van der Waals surface area contributed by atoms with E-state index < -0.39 is 16.4 Å². The van der Waals surface area contributed by atoms with Crippen molar-refractivity contribution in [3.63, 3.8) is 0 Å². The molecule has 2 atom stereocenters. The second-order valence-corrected chi connectivity index (χ2v) is 7.09. The lowest BCUT2D eigenvalue weighted by Gasteiger charge is -2.35. The van der Waals surface area contributed by atoms with Crippen LogP contribution in [0.4, 0.5) is 5.69 Å². The molecule has 124 valence electrons. The molecule has 1 aliphatic heterocycles. The maximum atomic E-state index is 12.9. The molecule has 1 aromatic carbocycles. The molecular formula is C18H23NO4. The van der Waals surface area contributed by atoms with Gasteiger partial charge in [0.2, 0.25) is 0 Å². The number of nitrogens with one attached hydrogen (secondary N) is 1. The van der Waals surface area contributed by atoms with Gasteiger partial charge in [-0.3, -0.25) is 9.59 Å². The summed E-state index contributed by atoms with van der Waals surface area (Å²) < 4.78 is 11.0. The second kappa shape index (κ2) is 4.98. The summed E-state index contributed by atoms with van der Waals surface area (Å²) >= 11 is 0. The Bertz CT molecular complexity index is 651. The van der Waals surface area contributed by atoms with Crippen LogP contribution in [-0.2, 0) is 14.3 Å². The van der Waals surface area contributed by atoms with Crippen molar-refractivity contribution < 1.29 is 19.1 Å². The lowest BCUT2D eigenvalue weighted by atomic mass is 9.66. The number of hydrogen-bond acceptors (Lipinski definition) is 4. The lowest BCUT2D eigenvalue weighted by Crippen LogP contribution is -2.50. The highest BCUT2D eigenvalue weighted by atomic mass is 16.6. The fourth-order valence-electron chi connectivity index (χ4n) is 3.78. The Morgan fingerprint density at radius 3 is 2.35 bits per heavy atom. The van der Waals surface area contributed by atoms with Crippen molar-refractivity contribution in [2.45, 2.75) is 46.1 Å². The summed E-state index contributed by atoms with van der Waals surface area (Å²) in [5, 5.41) is 2.89. The van der Waals surface area contributed by atoms with E-state index >= 15 is 0 Å². The summed E-state index contributed by atoms with van der Waals surface area (Å²) in [6.45, 7) is 8.31. The molecule has 1 N–H and O–H groups in total. The molecule has 1 amide bonds. The first-order valence-electron chi connectivity index (χ1n) is 8.04. The molecule has 0 aromatic heterocycles. The van der Waals surface area contributed by atoms with Crippen molar-refractivity contribution in [1.82, 2.24) is 0 Å². The highest BCUT2D eigenvalue weighted by Crippen LogP contribution is 2.65. The Labute approximate surface area is 136 Å². The number of hydrogen-bond donors (Lipinski definition) is 1. The number of carbonyl (C=O) groups excluding carboxylic acids is 2. The van der Waals surface area contributed by atoms with Gasteiger partial charge in [0.25, 0.3) is 5.91 Å². The van der Waals surface area contributed by atoms with Gasteiger partial charge in [-0.2, -0.15) is 0 Å². The van der Waals surface area contributed by atoms with Crippen molar-refractivity contribution in [3.8, 4) is 5.75 Å². The Balaban J connectivity index is 1.82. The van der Waals surface area contributed by atoms with Crippen LogP contribution in [-0.4, -0.2) is 24.1 Å². The number of amides is 1. The maximum absolute atomic E-state index is 12.9. The summed E-state index contributed by atoms with van der Waals surface area (Å²) in [5.74, 6) is 0.238. The quantitative estimate of drug-likeness (QED) is 0.867. The number of rotatable bonds is 4. The minimum atomic E-state index is -1.09. The molecule has 1 saturated carbocycles. The third kappa shape index (κ3) is 1.98. The maximum Gasteiger partial charge on any atom is 0.313 e. The monoisotopic (exact) mass is 317 g/mol. The van der Waals surface area contributed by atoms with E-state index in [1.54, 1.807) is 24.3 Å². The molecule has 2 aliphatic rings. The predicted molar refractivity (Wildman–Crippen MR) is 86.2 cm³/mol. The first-order chi connectivity index (χ1) is 10.8. The lowest BCUT2D eigenvalue weighted by molar-refractivity contribution is -0.165. The van der Waals surface area contributed by atoms with Gasteiger partial charge in [0.05, 0.1) is 12.0 Å². The standard InChI is InChI=1S/C18H23NO4/c1-5-22-13-8-6-12(7-9-13)19-14(20)18-11-10-17(4,15(21)23-18)16(18,2)3/h6-9H,5,10-11H2,1-4H3,(H,19,20). The van der Waals surface area contributed by atoms with Gasteiger partial charge in [-0.15, -0.1) is 0 Å². The van der Waals surface area contributed by atoms with E-state index in [0.717, 1.165) is 5.75 Å². The van der Waals surface area contributed by atoms with Crippen LogP contribution < -0.4 is 10.1 Å². The van der Waals surface area contributed by atoms with Crippen molar-refractivity contribution in [2.24, 2.45) is 10.8 Å². The first kappa shape index (κ1) is 15.8. The van der Waals surface area contributed by atoms with E-state index in [0.29, 0.717) is 25.1 Å². The molecule has 23 heavy (non-hydrogen) atoms. The Morgan fingerprint density at radius 1 is 1.22 bits per heavy atom. The van der Waals surface area contributed by atoms with Gasteiger partial charge < -0.3 is 14.8 Å². The average molecular weight is 317 g/mol. The summed E-state index contributed by atoms with van der Waals surface area (Å²) in [4.78, 5) is 25.1. The fraction of sp³-hybridized carbons (Fsp3) is 0.556. The number of anilines is 1. The molecule has 2 fully saturated rings. The second-order valence-electron chi connectivity index (χ2n) is 7.09. The normalized spacial score (nSPS) is 30.9. The molecule has 1 saturated heterocycles. The summed E-state index contributed by atoms with van der Waals surface area (Å²) in [6, 6.07) is 7.19. The number of carbonyl (C=O) groups is 2. The minimum Gasteiger partial charge on any atom is -0.494 e. The van der Waals surface area contributed by atoms with Crippen LogP contribution in [0.5, 0.6) is 5.75 Å². The zero-order valence-corrected chi connectivity index (χ0v) is 14.1. The van der Waals surface area contributed by atoms with Gasteiger partial charge in [0.15, 0.2) is 5.60 Å². The fourth-order valence-corrected chi connectivity index (χ4v) is 3.78. The highest BCUT2D eigenvalue weighted by molar-refractivity contribution is 6.03. The number of fused-ring (bicyclic) bond motifs is 2. The minimum absolute atomic E-state index is 0.249. The Morgan fingerprint density at radius 2 is 1.87 bits per heavy atom. The van der Waals surface area contributed by atoms with Crippen molar-refractivity contribution in [1.29, 1.82) is 0 Å². The van der Waals surface area contributed by atoms with E-state index in [-0.39, 0.29) is 11.9 Å². The molecule has 5 heteroatoms. The topological polar surface area (TPSA) is 64.6 Å². The van der Waals surface area contributed by atoms with Crippen molar-refractivity contribution >= 4 is 17.6 Å². The van der Waals surface area contributed by atoms with Crippen molar-refractivity contribution in [2.75, 3.05) is 11.9 Å². The number of esters is 1. The molecule has 1 heterocycles. The largest absolute Gasteiger partial charge is 0.494 e. The summed E-state index contributed by atoms with van der Waals surface area (Å²) in [5.41, 5.74) is -1.55. The van der Waals surface area contributed by atoms with Crippen LogP contribution in [0.15, 0.2) is 24.3 Å². The Kier molecular flexibility index (Phi) is 3.43. The number of benzene rings is 1. The molecule has 1 aliphatic carbocycles. The molecule has 0 spiro atoms. The average Bonchev–Trinajstić information content (AvgIpc) is 2.80. The molecule has 2 unspecified atom stereocenters. The van der Waals surface area contributed by atoms with Gasteiger partial charge in [-0.25, -0.2) is 0 Å². The third-order valence-electron chi connectivity index (χ3n) is 5.87. The smallest absolute Gasteiger partial charge is 0.313 e. The summed E-state index contributed by atoms with van der Waals surface area (Å²) in [6.07, 6.45) is 1.24. The van der Waals surface area contributed by atoms with Crippen LogP contribution in [0.2, 0.25) is 0 Å². The molecule has 3 rings (SSSR count). The van der Waals surface area contributed by atoms with E-state index in [9.17, 15) is 9.59 Å². The van der Waals surface area contributed by atoms with E-state index in [4.69, 9.17) is 9.47 Å². The Hall–Kier alpha value is -2.04. The third-order valence-corrected chi connectivity index (χ3v) is 5.87. The molecular weight excluding hydrogens is 294 g/mol. The summed E-state index contributed by atoms with van der Waals surface area (Å²) in [7, 11) is 0. The van der Waals surface area contributed by atoms with E-state index in [2.05, 4.69) is 5.32 Å². The first-order valence-corrected chi connectivity index (χ1v) is 8.04. The molecule has 2 bridgehead atoms. The van der Waals surface area contributed by atoms with Crippen LogP contribution in [0.1, 0.15) is 40.5 Å². The van der Waals surface area contributed by atoms with Crippen LogP contribution in [0.25, 0.3) is 0 Å². The van der Waals surface area contributed by atoms with Crippen LogP contribution in [0.3, 0.4) is 0 Å². The van der Waals surface area contributed by atoms with Gasteiger partial charge in [0, 0.05) is 11.1 Å². The molecule has 0 radical (unpaired) electrons.